The first kappa shape index (κ1) is 17.2. The molecule has 3 heteroatoms. The van der Waals surface area contributed by atoms with Crippen molar-refractivity contribution in [3.8, 4) is 0 Å². The maximum absolute atomic E-state index is 4.49. The summed E-state index contributed by atoms with van der Waals surface area (Å²) in [6, 6.07) is 13.7. The topological polar surface area (TPSA) is 19.4 Å². The second-order valence-electron chi connectivity index (χ2n) is 8.96. The zero-order valence-corrected chi connectivity index (χ0v) is 16.9. The van der Waals surface area contributed by atoms with Gasteiger partial charge in [0.25, 0.3) is 0 Å². The van der Waals surface area contributed by atoms with Gasteiger partial charge in [0.2, 0.25) is 0 Å². The van der Waals surface area contributed by atoms with Gasteiger partial charge in [0.15, 0.2) is 0 Å². The number of hydrogen-bond acceptors (Lipinski definition) is 3. The summed E-state index contributed by atoms with van der Waals surface area (Å²) in [7, 11) is 2.38. The Labute approximate surface area is 163 Å². The Morgan fingerprint density at radius 3 is 2.78 bits per heavy atom. The zero-order chi connectivity index (χ0) is 18.5. The van der Waals surface area contributed by atoms with Gasteiger partial charge in [-0.05, 0) is 69.8 Å². The fourth-order valence-electron chi connectivity index (χ4n) is 5.94. The van der Waals surface area contributed by atoms with Crippen LogP contribution in [0.5, 0.6) is 0 Å². The number of rotatable bonds is 3. The molecule has 2 aromatic rings. The molecule has 0 radical (unpaired) electrons. The Kier molecular flexibility index (Phi) is 4.23. The molecule has 2 saturated heterocycles. The molecule has 0 aliphatic carbocycles. The first-order chi connectivity index (χ1) is 13.1. The summed E-state index contributed by atoms with van der Waals surface area (Å²) in [5.41, 5.74) is 6.96. The fourth-order valence-corrected chi connectivity index (χ4v) is 5.94. The minimum atomic E-state index is 0.673. The maximum Gasteiger partial charge on any atom is 0.0406 e. The van der Waals surface area contributed by atoms with E-state index in [9.17, 15) is 0 Å². The Morgan fingerprint density at radius 1 is 1.07 bits per heavy atom. The number of likely N-dealkylation sites (N-methyl/N-ethyl adjacent to an activating group) is 1. The highest BCUT2D eigenvalue weighted by atomic mass is 15.3. The lowest BCUT2D eigenvalue weighted by atomic mass is 9.73. The molecule has 0 N–H and O–H groups in total. The van der Waals surface area contributed by atoms with Crippen LogP contribution in [0.25, 0.3) is 0 Å². The summed E-state index contributed by atoms with van der Waals surface area (Å²) in [5, 5.41) is 0. The van der Waals surface area contributed by atoms with Crippen molar-refractivity contribution in [3.05, 3.63) is 58.9 Å². The number of fused-ring (bicyclic) bond motifs is 6. The average molecular weight is 362 g/mol. The van der Waals surface area contributed by atoms with Crippen molar-refractivity contribution >= 4 is 5.69 Å². The molecule has 27 heavy (non-hydrogen) atoms. The fraction of sp³-hybridized carbons (Fsp3) is 0.542. The van der Waals surface area contributed by atoms with Crippen LogP contribution in [0.15, 0.2) is 36.5 Å². The second kappa shape index (κ2) is 6.63. The molecule has 3 nitrogen and oxygen atoms in total. The zero-order valence-electron chi connectivity index (χ0n) is 16.9. The largest absolute Gasteiger partial charge is 0.367 e. The molecule has 4 heterocycles. The monoisotopic (exact) mass is 361 g/mol. The quantitative estimate of drug-likeness (QED) is 0.804. The lowest BCUT2D eigenvalue weighted by Crippen LogP contribution is -2.57. The summed E-state index contributed by atoms with van der Waals surface area (Å²) < 4.78 is 0. The molecule has 2 fully saturated rings. The van der Waals surface area contributed by atoms with Gasteiger partial charge in [-0.25, -0.2) is 0 Å². The van der Waals surface area contributed by atoms with Gasteiger partial charge < -0.3 is 4.90 Å². The lowest BCUT2D eigenvalue weighted by Gasteiger charge is -2.51. The number of aromatic nitrogens is 1. The van der Waals surface area contributed by atoms with Gasteiger partial charge >= 0.3 is 0 Å². The summed E-state index contributed by atoms with van der Waals surface area (Å²) in [5.74, 6) is 0.678. The highest BCUT2D eigenvalue weighted by Gasteiger charge is 2.50. The van der Waals surface area contributed by atoms with E-state index in [1.807, 2.05) is 0 Å². The van der Waals surface area contributed by atoms with Crippen LogP contribution in [-0.2, 0) is 6.42 Å². The van der Waals surface area contributed by atoms with Gasteiger partial charge in [0, 0.05) is 48.2 Å². The van der Waals surface area contributed by atoms with Gasteiger partial charge in [-0.2, -0.15) is 0 Å². The number of benzene rings is 1. The van der Waals surface area contributed by atoms with E-state index in [4.69, 9.17) is 0 Å². The Morgan fingerprint density at radius 2 is 1.96 bits per heavy atom. The van der Waals surface area contributed by atoms with Gasteiger partial charge in [-0.3, -0.25) is 9.88 Å². The van der Waals surface area contributed by atoms with Gasteiger partial charge in [-0.15, -0.1) is 0 Å². The normalized spacial score (nSPS) is 29.5. The maximum atomic E-state index is 4.49. The van der Waals surface area contributed by atoms with Gasteiger partial charge in [0.1, 0.15) is 0 Å². The highest BCUT2D eigenvalue weighted by molar-refractivity contribution is 5.64. The van der Waals surface area contributed by atoms with Crippen LogP contribution in [0.4, 0.5) is 5.69 Å². The van der Waals surface area contributed by atoms with E-state index < -0.39 is 0 Å². The van der Waals surface area contributed by atoms with E-state index >= 15 is 0 Å². The summed E-state index contributed by atoms with van der Waals surface area (Å²) >= 11 is 0. The van der Waals surface area contributed by atoms with Crippen LogP contribution in [0, 0.1) is 13.8 Å². The predicted molar refractivity (Wildman–Crippen MR) is 112 cm³/mol. The second-order valence-corrected chi connectivity index (χ2v) is 8.96. The number of aryl methyl sites for hydroxylation is 2. The summed E-state index contributed by atoms with van der Waals surface area (Å²) in [6.45, 7) is 5.40. The third-order valence-electron chi connectivity index (χ3n) is 7.34. The van der Waals surface area contributed by atoms with Crippen molar-refractivity contribution in [1.29, 1.82) is 0 Å². The lowest BCUT2D eigenvalue weighted by molar-refractivity contribution is 0.0415. The molecule has 5 rings (SSSR count). The molecule has 3 aliphatic heterocycles. The predicted octanol–water partition coefficient (Wildman–Crippen LogP) is 4.47. The van der Waals surface area contributed by atoms with Crippen molar-refractivity contribution in [1.82, 2.24) is 9.88 Å². The number of nitrogens with zero attached hydrogens (tertiary/aromatic N) is 3. The summed E-state index contributed by atoms with van der Waals surface area (Å²) in [4.78, 5) is 9.95. The Bertz CT molecular complexity index is 828. The van der Waals surface area contributed by atoms with Crippen LogP contribution in [-0.4, -0.2) is 41.6 Å². The average Bonchev–Trinajstić information content (AvgIpc) is 2.93. The van der Waals surface area contributed by atoms with E-state index in [1.165, 1.54) is 42.5 Å². The van der Waals surface area contributed by atoms with Gasteiger partial charge in [-0.1, -0.05) is 30.2 Å². The number of piperidine rings is 2. The van der Waals surface area contributed by atoms with Crippen LogP contribution < -0.4 is 4.90 Å². The smallest absolute Gasteiger partial charge is 0.0406 e. The SMILES string of the molecule is Cc1ccc2c(c1)C1C(CC3CCCC1N3C)N2CCc1ccc(C)nc1. The van der Waals surface area contributed by atoms with Crippen LogP contribution in [0.1, 0.15) is 54.0 Å². The van der Waals surface area contributed by atoms with E-state index in [0.717, 1.165) is 24.7 Å². The molecule has 1 aromatic heterocycles. The Hall–Kier alpha value is -1.87. The molecular weight excluding hydrogens is 330 g/mol. The molecule has 4 atom stereocenters. The number of pyridine rings is 1. The number of anilines is 1. The molecule has 3 aliphatic rings. The molecule has 2 bridgehead atoms. The first-order valence-electron chi connectivity index (χ1n) is 10.6. The summed E-state index contributed by atoms with van der Waals surface area (Å²) in [6.07, 6.45) is 8.59. The molecule has 142 valence electrons. The van der Waals surface area contributed by atoms with E-state index in [0.29, 0.717) is 18.0 Å². The molecule has 0 amide bonds. The first-order valence-corrected chi connectivity index (χ1v) is 10.6. The molecule has 0 saturated carbocycles. The molecule has 0 spiro atoms. The van der Waals surface area contributed by atoms with Crippen molar-refractivity contribution in [3.63, 3.8) is 0 Å². The van der Waals surface area contributed by atoms with E-state index in [1.54, 1.807) is 5.56 Å². The third kappa shape index (κ3) is 2.87. The standard InChI is InChI=1S/C24H31N3/c1-16-7-10-21-20(13-16)24-22-6-4-5-19(26(22)3)14-23(24)27(21)12-11-18-9-8-17(2)25-15-18/h7-10,13,15,19,22-24H,4-6,11-12,14H2,1-3H3. The van der Waals surface area contributed by atoms with Gasteiger partial charge in [0.05, 0.1) is 0 Å². The van der Waals surface area contributed by atoms with Crippen molar-refractivity contribution in [2.45, 2.75) is 70.0 Å². The van der Waals surface area contributed by atoms with Crippen LogP contribution in [0.2, 0.25) is 0 Å². The molecule has 1 aromatic carbocycles. The Balaban J connectivity index is 1.47. The van der Waals surface area contributed by atoms with E-state index in [2.05, 4.69) is 72.2 Å². The van der Waals surface area contributed by atoms with Crippen molar-refractivity contribution in [2.24, 2.45) is 0 Å². The van der Waals surface area contributed by atoms with Crippen LogP contribution >= 0.6 is 0 Å². The highest BCUT2D eigenvalue weighted by Crippen LogP contribution is 2.51. The molecule has 4 unspecified atom stereocenters. The van der Waals surface area contributed by atoms with Crippen LogP contribution in [0.3, 0.4) is 0 Å². The number of hydrogen-bond donors (Lipinski definition) is 0. The van der Waals surface area contributed by atoms with E-state index in [-0.39, 0.29) is 0 Å². The minimum absolute atomic E-state index is 0.673. The minimum Gasteiger partial charge on any atom is -0.367 e. The molecular formula is C24H31N3. The third-order valence-corrected chi connectivity index (χ3v) is 7.34. The van der Waals surface area contributed by atoms with Crippen molar-refractivity contribution < 1.29 is 0 Å². The van der Waals surface area contributed by atoms with Crippen molar-refractivity contribution in [2.75, 3.05) is 18.5 Å².